The number of hydrogen-bond donors (Lipinski definition) is 2. The molecule has 0 aliphatic rings. The summed E-state index contributed by atoms with van der Waals surface area (Å²) in [5, 5.41) is 12.1. The Morgan fingerprint density at radius 3 is 2.41 bits per heavy atom. The Kier molecular flexibility index (Phi) is 6.89. The Morgan fingerprint density at radius 2 is 1.86 bits per heavy atom. The van der Waals surface area contributed by atoms with Crippen LogP contribution in [0.1, 0.15) is 38.7 Å². The van der Waals surface area contributed by atoms with Crippen molar-refractivity contribution in [2.45, 2.75) is 39.5 Å². The van der Waals surface area contributed by atoms with E-state index in [1.165, 1.54) is 0 Å². The van der Waals surface area contributed by atoms with Gasteiger partial charge in [-0.05, 0) is 30.9 Å². The number of hydrogen-bond acceptors (Lipinski definition) is 3. The van der Waals surface area contributed by atoms with E-state index < -0.39 is 11.4 Å². The number of carboxylic acids is 1. The van der Waals surface area contributed by atoms with Crippen molar-refractivity contribution in [2.24, 2.45) is 5.41 Å². The summed E-state index contributed by atoms with van der Waals surface area (Å²) in [6.45, 7) is 3.83. The number of benzene rings is 1. The molecule has 0 heterocycles. The number of carbonyl (C=O) groups excluding carboxylic acids is 1. The monoisotopic (exact) mass is 307 g/mol. The average Bonchev–Trinajstić information content (AvgIpc) is 2.54. The van der Waals surface area contributed by atoms with Crippen LogP contribution in [0.4, 0.5) is 0 Å². The van der Waals surface area contributed by atoms with Gasteiger partial charge in [-0.1, -0.05) is 32.0 Å². The second-order valence-electron chi connectivity index (χ2n) is 5.38. The maximum Gasteiger partial charge on any atom is 0.311 e. The Balaban J connectivity index is 2.55. The zero-order valence-corrected chi connectivity index (χ0v) is 13.5. The van der Waals surface area contributed by atoms with Gasteiger partial charge in [0.15, 0.2) is 0 Å². The predicted octanol–water partition coefficient (Wildman–Crippen LogP) is 2.63. The lowest BCUT2D eigenvalue weighted by molar-refractivity contribution is -0.149. The highest BCUT2D eigenvalue weighted by molar-refractivity contribution is 5.79. The smallest absolute Gasteiger partial charge is 0.311 e. The van der Waals surface area contributed by atoms with E-state index in [0.717, 1.165) is 11.3 Å². The van der Waals surface area contributed by atoms with E-state index in [2.05, 4.69) is 5.32 Å². The minimum Gasteiger partial charge on any atom is -0.496 e. The molecule has 1 aromatic rings. The Labute approximate surface area is 131 Å². The lowest BCUT2D eigenvalue weighted by Crippen LogP contribution is -2.42. The van der Waals surface area contributed by atoms with Gasteiger partial charge in [-0.25, -0.2) is 0 Å². The van der Waals surface area contributed by atoms with Crippen molar-refractivity contribution in [2.75, 3.05) is 13.7 Å². The Morgan fingerprint density at radius 1 is 1.23 bits per heavy atom. The van der Waals surface area contributed by atoms with Gasteiger partial charge < -0.3 is 15.2 Å². The van der Waals surface area contributed by atoms with Crippen molar-refractivity contribution >= 4 is 11.9 Å². The van der Waals surface area contributed by atoms with Crippen molar-refractivity contribution in [1.29, 1.82) is 0 Å². The number of methoxy groups -OCH3 is 1. The number of para-hydroxylation sites is 1. The van der Waals surface area contributed by atoms with Crippen LogP contribution in [-0.2, 0) is 16.0 Å². The minimum absolute atomic E-state index is 0.140. The second kappa shape index (κ2) is 8.41. The molecule has 0 aromatic heterocycles. The van der Waals surface area contributed by atoms with E-state index in [1.807, 2.05) is 38.1 Å². The number of carbonyl (C=O) groups is 2. The van der Waals surface area contributed by atoms with Gasteiger partial charge in [0, 0.05) is 13.0 Å². The topological polar surface area (TPSA) is 75.6 Å². The van der Waals surface area contributed by atoms with Crippen LogP contribution in [0.15, 0.2) is 24.3 Å². The average molecular weight is 307 g/mol. The number of nitrogens with one attached hydrogen (secondary N) is 1. The fraction of sp³-hybridized carbons (Fsp3) is 0.529. The third-order valence-electron chi connectivity index (χ3n) is 4.25. The summed E-state index contributed by atoms with van der Waals surface area (Å²) in [5.41, 5.74) is 0.0933. The number of aryl methyl sites for hydroxylation is 1. The first-order valence-electron chi connectivity index (χ1n) is 7.61. The molecule has 0 bridgehead atoms. The number of amides is 1. The summed E-state index contributed by atoms with van der Waals surface area (Å²) in [6.07, 6.45) is 1.86. The number of ether oxygens (including phenoxy) is 1. The van der Waals surface area contributed by atoms with E-state index in [1.54, 1.807) is 7.11 Å². The van der Waals surface area contributed by atoms with Crippen LogP contribution in [0.5, 0.6) is 5.75 Å². The van der Waals surface area contributed by atoms with Crippen molar-refractivity contribution in [3.8, 4) is 5.75 Å². The maximum absolute atomic E-state index is 12.0. The predicted molar refractivity (Wildman–Crippen MR) is 85.0 cm³/mol. The molecule has 1 rings (SSSR count). The summed E-state index contributed by atoms with van der Waals surface area (Å²) in [6, 6.07) is 7.56. The van der Waals surface area contributed by atoms with Crippen LogP contribution in [0, 0.1) is 5.41 Å². The van der Waals surface area contributed by atoms with Gasteiger partial charge in [-0.2, -0.15) is 0 Å². The van der Waals surface area contributed by atoms with E-state index in [4.69, 9.17) is 4.74 Å². The highest BCUT2D eigenvalue weighted by Crippen LogP contribution is 2.25. The van der Waals surface area contributed by atoms with Crippen LogP contribution in [0.25, 0.3) is 0 Å². The molecule has 1 aromatic carbocycles. The number of carboxylic acid groups (broad SMARTS) is 1. The molecule has 0 atom stereocenters. The summed E-state index contributed by atoms with van der Waals surface area (Å²) in [5.74, 6) is -0.238. The Hall–Kier alpha value is -2.04. The number of aliphatic carboxylic acids is 1. The summed E-state index contributed by atoms with van der Waals surface area (Å²) in [7, 11) is 1.60. The van der Waals surface area contributed by atoms with Gasteiger partial charge in [0.1, 0.15) is 5.75 Å². The molecular weight excluding hydrogens is 282 g/mol. The van der Waals surface area contributed by atoms with Crippen LogP contribution in [0.3, 0.4) is 0 Å². The van der Waals surface area contributed by atoms with E-state index >= 15 is 0 Å². The van der Waals surface area contributed by atoms with Gasteiger partial charge in [0.25, 0.3) is 0 Å². The van der Waals surface area contributed by atoms with Crippen molar-refractivity contribution in [3.63, 3.8) is 0 Å². The SMILES string of the molecule is CCC(CC)(CNC(=O)CCc1ccccc1OC)C(=O)O. The standard InChI is InChI=1S/C17H25NO4/c1-4-17(5-2,16(20)21)12-18-15(19)11-10-13-8-6-7-9-14(13)22-3/h6-9H,4-5,10-12H2,1-3H3,(H,18,19)(H,20,21). The highest BCUT2D eigenvalue weighted by atomic mass is 16.5. The molecule has 0 saturated heterocycles. The van der Waals surface area contributed by atoms with Crippen molar-refractivity contribution < 1.29 is 19.4 Å². The maximum atomic E-state index is 12.0. The molecule has 1 amide bonds. The molecule has 0 aliphatic heterocycles. The quantitative estimate of drug-likeness (QED) is 0.735. The minimum atomic E-state index is -0.875. The van der Waals surface area contributed by atoms with Crippen molar-refractivity contribution in [1.82, 2.24) is 5.32 Å². The van der Waals surface area contributed by atoms with Crippen LogP contribution in [0.2, 0.25) is 0 Å². The molecule has 22 heavy (non-hydrogen) atoms. The molecule has 0 spiro atoms. The largest absolute Gasteiger partial charge is 0.496 e. The fourth-order valence-electron chi connectivity index (χ4n) is 2.39. The third-order valence-corrected chi connectivity index (χ3v) is 4.25. The molecule has 0 aliphatic carbocycles. The lowest BCUT2D eigenvalue weighted by atomic mass is 9.82. The van der Waals surface area contributed by atoms with Gasteiger partial charge >= 0.3 is 5.97 Å². The van der Waals surface area contributed by atoms with E-state index in [-0.39, 0.29) is 12.5 Å². The Bertz CT molecular complexity index is 509. The lowest BCUT2D eigenvalue weighted by Gasteiger charge is -2.26. The molecule has 5 heteroatoms. The van der Waals surface area contributed by atoms with Crippen LogP contribution in [-0.4, -0.2) is 30.6 Å². The molecule has 0 radical (unpaired) electrons. The highest BCUT2D eigenvalue weighted by Gasteiger charge is 2.34. The molecular formula is C17H25NO4. The van der Waals surface area contributed by atoms with Gasteiger partial charge in [-0.15, -0.1) is 0 Å². The van der Waals surface area contributed by atoms with Crippen molar-refractivity contribution in [3.05, 3.63) is 29.8 Å². The first-order valence-corrected chi connectivity index (χ1v) is 7.61. The van der Waals surface area contributed by atoms with Gasteiger partial charge in [0.05, 0.1) is 12.5 Å². The molecule has 122 valence electrons. The fourth-order valence-corrected chi connectivity index (χ4v) is 2.39. The second-order valence-corrected chi connectivity index (χ2v) is 5.38. The van der Waals surface area contributed by atoms with Gasteiger partial charge in [-0.3, -0.25) is 9.59 Å². The zero-order chi connectivity index (χ0) is 16.6. The zero-order valence-electron chi connectivity index (χ0n) is 13.5. The van der Waals surface area contributed by atoms with Gasteiger partial charge in [0.2, 0.25) is 5.91 Å². The van der Waals surface area contributed by atoms with Crippen LogP contribution < -0.4 is 10.1 Å². The summed E-state index contributed by atoms with van der Waals surface area (Å²) < 4.78 is 5.25. The van der Waals surface area contributed by atoms with E-state index in [9.17, 15) is 14.7 Å². The summed E-state index contributed by atoms with van der Waals surface area (Å²) >= 11 is 0. The van der Waals surface area contributed by atoms with Crippen LogP contribution >= 0.6 is 0 Å². The molecule has 2 N–H and O–H groups in total. The summed E-state index contributed by atoms with van der Waals surface area (Å²) in [4.78, 5) is 23.4. The normalized spacial score (nSPS) is 11.0. The first kappa shape index (κ1) is 18.0. The molecule has 0 unspecified atom stereocenters. The third kappa shape index (κ3) is 4.48. The first-order chi connectivity index (χ1) is 10.5. The van der Waals surface area contributed by atoms with E-state index in [0.29, 0.717) is 25.7 Å². The molecule has 0 fully saturated rings. The molecule has 0 saturated carbocycles. The molecule has 5 nitrogen and oxygen atoms in total. The number of rotatable bonds is 9.